The molecule has 0 spiro atoms. The molecule has 0 aromatic heterocycles. The molecule has 2 aromatic carbocycles. The number of unbranched alkanes of at least 4 members (excludes halogenated alkanes) is 5. The number of benzene rings is 2. The van der Waals surface area contributed by atoms with E-state index in [9.17, 15) is 20.1 Å². The normalized spacial score (nSPS) is 12.3. The number of phenols is 3. The zero-order valence-electron chi connectivity index (χ0n) is 17.9. The molecule has 2 aromatic rings. The minimum atomic E-state index is -0.207. The highest BCUT2D eigenvalue weighted by atomic mass is 35.5. The number of nitrogens with zero attached hydrogens (tertiary/aromatic N) is 2. The van der Waals surface area contributed by atoms with Gasteiger partial charge in [0.1, 0.15) is 29.2 Å². The first-order valence-electron chi connectivity index (χ1n) is 10.9. The number of aromatic hydroxyl groups is 3. The lowest BCUT2D eigenvalue weighted by atomic mass is 9.87. The average Bonchev–Trinajstić information content (AvgIpc) is 2.75. The maximum absolute atomic E-state index is 10.9. The summed E-state index contributed by atoms with van der Waals surface area (Å²) in [4.78, 5) is 10.8. The van der Waals surface area contributed by atoms with Crippen LogP contribution in [0.2, 0.25) is 5.02 Å². The Morgan fingerprint density at radius 3 is 2.39 bits per heavy atom. The standard InChI is InChI=1S/C24H31ClN2O4/c1-2-3-4-5-6-9-17(10-7-8-15-28)19-12-14-22(30)23(24(19)31)27-26-20-16-18(25)11-13-21(20)29/h11-17,29-31H,2-10H2,1H3. The second-order valence-corrected chi connectivity index (χ2v) is 8.14. The van der Waals surface area contributed by atoms with E-state index in [0.29, 0.717) is 17.0 Å². The first-order valence-corrected chi connectivity index (χ1v) is 11.2. The molecule has 2 rings (SSSR count). The topological polar surface area (TPSA) is 102 Å². The highest BCUT2D eigenvalue weighted by molar-refractivity contribution is 6.30. The van der Waals surface area contributed by atoms with Crippen molar-refractivity contribution in [2.24, 2.45) is 10.2 Å². The van der Waals surface area contributed by atoms with E-state index in [0.717, 1.165) is 38.4 Å². The van der Waals surface area contributed by atoms with E-state index in [1.54, 1.807) is 6.07 Å². The Labute approximate surface area is 188 Å². The number of phenolic OH excluding ortho intramolecular Hbond substituents is 3. The van der Waals surface area contributed by atoms with Crippen molar-refractivity contribution in [3.05, 3.63) is 40.9 Å². The molecular formula is C24H31ClN2O4. The number of rotatable bonds is 13. The SMILES string of the molecule is CCCCCCCC(CCCC=O)c1ccc(O)c(N=Nc2cc(Cl)ccc2O)c1O. The van der Waals surface area contributed by atoms with Gasteiger partial charge in [0.2, 0.25) is 0 Å². The average molecular weight is 447 g/mol. The summed E-state index contributed by atoms with van der Waals surface area (Å²) in [6.45, 7) is 2.18. The van der Waals surface area contributed by atoms with Crippen LogP contribution < -0.4 is 0 Å². The minimum Gasteiger partial charge on any atom is -0.506 e. The first-order chi connectivity index (χ1) is 15.0. The molecule has 0 bridgehead atoms. The van der Waals surface area contributed by atoms with Crippen molar-refractivity contribution >= 4 is 29.3 Å². The van der Waals surface area contributed by atoms with Crippen molar-refractivity contribution in [1.29, 1.82) is 0 Å². The zero-order valence-corrected chi connectivity index (χ0v) is 18.7. The third-order valence-electron chi connectivity index (χ3n) is 5.33. The van der Waals surface area contributed by atoms with Gasteiger partial charge in [0, 0.05) is 11.4 Å². The van der Waals surface area contributed by atoms with Crippen molar-refractivity contribution in [3.8, 4) is 17.2 Å². The van der Waals surface area contributed by atoms with E-state index in [1.165, 1.54) is 43.5 Å². The van der Waals surface area contributed by atoms with Gasteiger partial charge in [-0.3, -0.25) is 0 Å². The van der Waals surface area contributed by atoms with Gasteiger partial charge in [0.25, 0.3) is 0 Å². The molecule has 7 heteroatoms. The molecule has 0 radical (unpaired) electrons. The molecule has 6 nitrogen and oxygen atoms in total. The summed E-state index contributed by atoms with van der Waals surface area (Å²) in [6.07, 6.45) is 9.48. The molecule has 3 N–H and O–H groups in total. The molecule has 0 heterocycles. The lowest BCUT2D eigenvalue weighted by Gasteiger charge is -2.19. The zero-order chi connectivity index (χ0) is 22.6. The van der Waals surface area contributed by atoms with Crippen molar-refractivity contribution in [1.82, 2.24) is 0 Å². The van der Waals surface area contributed by atoms with Crippen LogP contribution in [0.1, 0.15) is 76.2 Å². The number of aldehydes is 1. The molecule has 1 atom stereocenters. The van der Waals surface area contributed by atoms with Gasteiger partial charge in [-0.05, 0) is 55.0 Å². The summed E-state index contributed by atoms with van der Waals surface area (Å²) in [5, 5.41) is 39.3. The number of hydrogen-bond donors (Lipinski definition) is 3. The second kappa shape index (κ2) is 13.0. The summed E-state index contributed by atoms with van der Waals surface area (Å²) in [7, 11) is 0. The Balaban J connectivity index is 2.26. The first kappa shape index (κ1) is 24.7. The molecular weight excluding hydrogens is 416 g/mol. The fourth-order valence-corrected chi connectivity index (χ4v) is 3.76. The lowest BCUT2D eigenvalue weighted by Crippen LogP contribution is -2.01. The van der Waals surface area contributed by atoms with Crippen LogP contribution in [0.25, 0.3) is 0 Å². The molecule has 0 amide bonds. The number of azo groups is 1. The van der Waals surface area contributed by atoms with E-state index in [1.807, 2.05) is 0 Å². The fraction of sp³-hybridized carbons (Fsp3) is 0.458. The van der Waals surface area contributed by atoms with Gasteiger partial charge in [-0.2, -0.15) is 0 Å². The molecule has 0 saturated carbocycles. The smallest absolute Gasteiger partial charge is 0.169 e. The van der Waals surface area contributed by atoms with Gasteiger partial charge < -0.3 is 20.1 Å². The highest BCUT2D eigenvalue weighted by Gasteiger charge is 2.20. The number of halogens is 1. The number of carbonyl (C=O) groups is 1. The van der Waals surface area contributed by atoms with Crippen LogP contribution in [-0.2, 0) is 4.79 Å². The van der Waals surface area contributed by atoms with E-state index in [4.69, 9.17) is 11.6 Å². The minimum absolute atomic E-state index is 0.0516. The van der Waals surface area contributed by atoms with Crippen molar-refractivity contribution < 1.29 is 20.1 Å². The Morgan fingerprint density at radius 1 is 0.935 bits per heavy atom. The summed E-state index contributed by atoms with van der Waals surface area (Å²) in [5.41, 5.74) is 0.766. The van der Waals surface area contributed by atoms with Gasteiger partial charge >= 0.3 is 0 Å². The van der Waals surface area contributed by atoms with Crippen LogP contribution in [0, 0.1) is 0 Å². The van der Waals surface area contributed by atoms with Gasteiger partial charge in [-0.25, -0.2) is 0 Å². The van der Waals surface area contributed by atoms with E-state index in [2.05, 4.69) is 17.2 Å². The van der Waals surface area contributed by atoms with E-state index < -0.39 is 0 Å². The lowest BCUT2D eigenvalue weighted by molar-refractivity contribution is -0.107. The van der Waals surface area contributed by atoms with Crippen molar-refractivity contribution in [2.45, 2.75) is 70.6 Å². The fourth-order valence-electron chi connectivity index (χ4n) is 3.59. The molecule has 168 valence electrons. The summed E-state index contributed by atoms with van der Waals surface area (Å²) in [6, 6.07) is 7.56. The van der Waals surface area contributed by atoms with E-state index in [-0.39, 0.29) is 34.5 Å². The van der Waals surface area contributed by atoms with Crippen molar-refractivity contribution in [3.63, 3.8) is 0 Å². The van der Waals surface area contributed by atoms with Crippen LogP contribution in [-0.4, -0.2) is 21.6 Å². The third kappa shape index (κ3) is 7.55. The van der Waals surface area contributed by atoms with Crippen LogP contribution in [0.4, 0.5) is 11.4 Å². The molecule has 31 heavy (non-hydrogen) atoms. The third-order valence-corrected chi connectivity index (χ3v) is 5.56. The Bertz CT molecular complexity index is 886. The van der Waals surface area contributed by atoms with Gasteiger partial charge in [0.15, 0.2) is 5.69 Å². The predicted molar refractivity (Wildman–Crippen MR) is 123 cm³/mol. The Hall–Kier alpha value is -2.60. The Kier molecular flexibility index (Phi) is 10.3. The molecule has 1 unspecified atom stereocenters. The molecule has 0 fully saturated rings. The van der Waals surface area contributed by atoms with Crippen LogP contribution >= 0.6 is 11.6 Å². The number of hydrogen-bond acceptors (Lipinski definition) is 6. The van der Waals surface area contributed by atoms with Gasteiger partial charge in [-0.1, -0.05) is 56.7 Å². The van der Waals surface area contributed by atoms with Gasteiger partial charge in [0.05, 0.1) is 0 Å². The quantitative estimate of drug-likeness (QED) is 0.167. The maximum Gasteiger partial charge on any atom is 0.169 e. The number of carbonyl (C=O) groups excluding carboxylic acids is 1. The molecule has 0 saturated heterocycles. The van der Waals surface area contributed by atoms with E-state index >= 15 is 0 Å². The molecule has 0 aliphatic carbocycles. The van der Waals surface area contributed by atoms with Crippen LogP contribution in [0.3, 0.4) is 0 Å². The molecule has 0 aliphatic rings. The monoisotopic (exact) mass is 446 g/mol. The highest BCUT2D eigenvalue weighted by Crippen LogP contribution is 2.45. The summed E-state index contributed by atoms with van der Waals surface area (Å²) in [5.74, 6) is -0.395. The van der Waals surface area contributed by atoms with Crippen LogP contribution in [0.5, 0.6) is 17.2 Å². The Morgan fingerprint density at radius 2 is 1.65 bits per heavy atom. The molecule has 0 aliphatic heterocycles. The van der Waals surface area contributed by atoms with Crippen LogP contribution in [0.15, 0.2) is 40.6 Å². The predicted octanol–water partition coefficient (Wildman–Crippen LogP) is 7.69. The maximum atomic E-state index is 10.9. The summed E-state index contributed by atoms with van der Waals surface area (Å²) < 4.78 is 0. The summed E-state index contributed by atoms with van der Waals surface area (Å²) >= 11 is 5.93. The van der Waals surface area contributed by atoms with Crippen molar-refractivity contribution in [2.75, 3.05) is 0 Å². The van der Waals surface area contributed by atoms with Gasteiger partial charge in [-0.15, -0.1) is 10.2 Å². The largest absolute Gasteiger partial charge is 0.506 e. The second-order valence-electron chi connectivity index (χ2n) is 7.70.